The fourth-order valence-corrected chi connectivity index (χ4v) is 2.57. The zero-order valence-corrected chi connectivity index (χ0v) is 13.2. The Morgan fingerprint density at radius 1 is 1.25 bits per heavy atom. The fourth-order valence-electron chi connectivity index (χ4n) is 2.57. The van der Waals surface area contributed by atoms with Gasteiger partial charge in [-0.05, 0) is 24.3 Å². The summed E-state index contributed by atoms with van der Waals surface area (Å²) in [6.45, 7) is 1.07. The molecule has 1 atom stereocenters. The van der Waals surface area contributed by atoms with Crippen molar-refractivity contribution in [1.29, 1.82) is 5.26 Å². The highest BCUT2D eigenvalue weighted by Crippen LogP contribution is 2.24. The summed E-state index contributed by atoms with van der Waals surface area (Å²) in [6, 6.07) is 8.65. The van der Waals surface area contributed by atoms with Gasteiger partial charge in [-0.2, -0.15) is 5.26 Å². The number of ether oxygens (including phenoxy) is 2. The van der Waals surface area contributed by atoms with E-state index in [0.717, 1.165) is 0 Å². The molecule has 0 N–H and O–H groups in total. The molecule has 3 rings (SSSR count). The van der Waals surface area contributed by atoms with Crippen molar-refractivity contribution in [2.45, 2.75) is 12.5 Å². The normalized spacial score (nSPS) is 16.5. The molecular weight excluding hydrogens is 308 g/mol. The van der Waals surface area contributed by atoms with Crippen molar-refractivity contribution in [3.63, 3.8) is 0 Å². The third-order valence-corrected chi connectivity index (χ3v) is 3.80. The van der Waals surface area contributed by atoms with Crippen LogP contribution in [0.4, 0.5) is 0 Å². The molecule has 1 saturated heterocycles. The number of carbonyl (C=O) groups excluding carboxylic acids is 1. The first-order valence-electron chi connectivity index (χ1n) is 7.52. The standard InChI is InChI=1S/C17H16N4O3/c1-23-15-16(20-8-7-19-15)24-14-6-9-21(11-14)17(22)13-4-2-12(10-18)3-5-13/h2-5,7-8,14H,6,9,11H2,1H3. The second-order valence-corrected chi connectivity index (χ2v) is 5.34. The highest BCUT2D eigenvalue weighted by Gasteiger charge is 2.29. The second-order valence-electron chi connectivity index (χ2n) is 5.34. The van der Waals surface area contributed by atoms with Crippen molar-refractivity contribution in [3.8, 4) is 17.8 Å². The van der Waals surface area contributed by atoms with E-state index in [0.29, 0.717) is 42.4 Å². The van der Waals surface area contributed by atoms with Crippen LogP contribution < -0.4 is 9.47 Å². The Bertz CT molecular complexity index is 770. The molecule has 122 valence electrons. The summed E-state index contributed by atoms with van der Waals surface area (Å²) in [5.41, 5.74) is 1.09. The number of amides is 1. The van der Waals surface area contributed by atoms with E-state index < -0.39 is 0 Å². The summed E-state index contributed by atoms with van der Waals surface area (Å²) in [6.07, 6.45) is 3.62. The van der Waals surface area contributed by atoms with E-state index in [-0.39, 0.29) is 12.0 Å². The molecule has 1 aromatic heterocycles. The average Bonchev–Trinajstić information content (AvgIpc) is 3.10. The molecule has 1 aliphatic heterocycles. The molecule has 0 bridgehead atoms. The molecule has 0 aliphatic carbocycles. The predicted molar refractivity (Wildman–Crippen MR) is 84.7 cm³/mol. The summed E-state index contributed by atoms with van der Waals surface area (Å²) in [5, 5.41) is 8.81. The number of hydrogen-bond donors (Lipinski definition) is 0. The molecular formula is C17H16N4O3. The first kappa shape index (κ1) is 15.7. The molecule has 2 aromatic rings. The highest BCUT2D eigenvalue weighted by atomic mass is 16.5. The van der Waals surface area contributed by atoms with Gasteiger partial charge < -0.3 is 14.4 Å². The van der Waals surface area contributed by atoms with Gasteiger partial charge in [0.1, 0.15) is 6.10 Å². The maximum absolute atomic E-state index is 12.5. The minimum absolute atomic E-state index is 0.0725. The van der Waals surface area contributed by atoms with E-state index in [4.69, 9.17) is 14.7 Å². The van der Waals surface area contributed by atoms with Gasteiger partial charge in [0.2, 0.25) is 0 Å². The van der Waals surface area contributed by atoms with Gasteiger partial charge in [0.05, 0.1) is 25.3 Å². The quantitative estimate of drug-likeness (QED) is 0.849. The Morgan fingerprint density at radius 3 is 2.62 bits per heavy atom. The molecule has 2 heterocycles. The van der Waals surface area contributed by atoms with Crippen molar-refractivity contribution in [2.75, 3.05) is 20.2 Å². The third kappa shape index (κ3) is 3.27. The fraction of sp³-hybridized carbons (Fsp3) is 0.294. The Kier molecular flexibility index (Phi) is 4.57. The van der Waals surface area contributed by atoms with Crippen LogP contribution in [-0.2, 0) is 0 Å². The number of nitrogens with zero attached hydrogens (tertiary/aromatic N) is 4. The number of methoxy groups -OCH3 is 1. The van der Waals surface area contributed by atoms with Crippen LogP contribution in [0.15, 0.2) is 36.7 Å². The molecule has 0 radical (unpaired) electrons. The average molecular weight is 324 g/mol. The molecule has 1 unspecified atom stereocenters. The van der Waals surface area contributed by atoms with Crippen molar-refractivity contribution >= 4 is 5.91 Å². The van der Waals surface area contributed by atoms with E-state index in [9.17, 15) is 4.79 Å². The maximum atomic E-state index is 12.5. The van der Waals surface area contributed by atoms with Crippen LogP contribution >= 0.6 is 0 Å². The molecule has 1 aliphatic rings. The first-order chi connectivity index (χ1) is 11.7. The summed E-state index contributed by atoms with van der Waals surface area (Å²) in [4.78, 5) is 22.4. The van der Waals surface area contributed by atoms with Gasteiger partial charge in [0.15, 0.2) is 0 Å². The number of nitriles is 1. The minimum Gasteiger partial charge on any atom is -0.477 e. The van der Waals surface area contributed by atoms with E-state index >= 15 is 0 Å². The van der Waals surface area contributed by atoms with Gasteiger partial charge in [0, 0.05) is 30.9 Å². The van der Waals surface area contributed by atoms with Crippen molar-refractivity contribution in [1.82, 2.24) is 14.9 Å². The number of carbonyl (C=O) groups is 1. The smallest absolute Gasteiger partial charge is 0.278 e. The number of rotatable bonds is 4. The lowest BCUT2D eigenvalue weighted by atomic mass is 10.1. The van der Waals surface area contributed by atoms with Gasteiger partial charge in [-0.1, -0.05) is 0 Å². The van der Waals surface area contributed by atoms with Crippen LogP contribution in [0.5, 0.6) is 11.8 Å². The maximum Gasteiger partial charge on any atom is 0.278 e. The number of likely N-dealkylation sites (tertiary alicyclic amines) is 1. The Morgan fingerprint density at radius 2 is 1.96 bits per heavy atom. The largest absolute Gasteiger partial charge is 0.477 e. The molecule has 1 amide bonds. The summed E-state index contributed by atoms with van der Waals surface area (Å²) in [5.74, 6) is 0.587. The van der Waals surface area contributed by atoms with Gasteiger partial charge in [-0.15, -0.1) is 0 Å². The lowest BCUT2D eigenvalue weighted by molar-refractivity contribution is 0.0770. The molecule has 7 nitrogen and oxygen atoms in total. The van der Waals surface area contributed by atoms with Crippen molar-refractivity contribution < 1.29 is 14.3 Å². The van der Waals surface area contributed by atoms with E-state index in [1.165, 1.54) is 19.5 Å². The third-order valence-electron chi connectivity index (χ3n) is 3.80. The summed E-state index contributed by atoms with van der Waals surface area (Å²) in [7, 11) is 1.51. The zero-order valence-electron chi connectivity index (χ0n) is 13.2. The van der Waals surface area contributed by atoms with Crippen LogP contribution in [0.2, 0.25) is 0 Å². The molecule has 0 saturated carbocycles. The molecule has 24 heavy (non-hydrogen) atoms. The second kappa shape index (κ2) is 6.96. The van der Waals surface area contributed by atoms with E-state index in [2.05, 4.69) is 9.97 Å². The van der Waals surface area contributed by atoms with Gasteiger partial charge >= 0.3 is 0 Å². The molecule has 7 heteroatoms. The minimum atomic E-state index is -0.155. The number of aromatic nitrogens is 2. The topological polar surface area (TPSA) is 88.3 Å². The lowest BCUT2D eigenvalue weighted by Gasteiger charge is -2.17. The predicted octanol–water partition coefficient (Wildman–Crippen LogP) is 1.65. The molecule has 0 spiro atoms. The Hall–Kier alpha value is -3.14. The van der Waals surface area contributed by atoms with Crippen molar-refractivity contribution in [3.05, 3.63) is 47.8 Å². The first-order valence-corrected chi connectivity index (χ1v) is 7.52. The highest BCUT2D eigenvalue weighted by molar-refractivity contribution is 5.94. The van der Waals surface area contributed by atoms with E-state index in [1.807, 2.05) is 6.07 Å². The van der Waals surface area contributed by atoms with E-state index in [1.54, 1.807) is 29.2 Å². The Labute approximate surface area is 139 Å². The van der Waals surface area contributed by atoms with Crippen molar-refractivity contribution in [2.24, 2.45) is 0 Å². The molecule has 1 fully saturated rings. The molecule has 1 aromatic carbocycles. The van der Waals surface area contributed by atoms with Crippen LogP contribution in [0.1, 0.15) is 22.3 Å². The van der Waals surface area contributed by atoms with Gasteiger partial charge in [0.25, 0.3) is 17.7 Å². The van der Waals surface area contributed by atoms with Crippen LogP contribution in [0.3, 0.4) is 0 Å². The summed E-state index contributed by atoms with van der Waals surface area (Å²) >= 11 is 0. The van der Waals surface area contributed by atoms with Gasteiger partial charge in [-0.3, -0.25) is 4.79 Å². The van der Waals surface area contributed by atoms with Crippen LogP contribution in [0.25, 0.3) is 0 Å². The Balaban J connectivity index is 1.64. The van der Waals surface area contributed by atoms with Crippen LogP contribution in [-0.4, -0.2) is 47.1 Å². The van der Waals surface area contributed by atoms with Gasteiger partial charge in [-0.25, -0.2) is 9.97 Å². The summed E-state index contributed by atoms with van der Waals surface area (Å²) < 4.78 is 10.9. The SMILES string of the molecule is COc1nccnc1OC1CCN(C(=O)c2ccc(C#N)cc2)C1. The lowest BCUT2D eigenvalue weighted by Crippen LogP contribution is -2.31. The monoisotopic (exact) mass is 324 g/mol. The number of benzene rings is 1. The zero-order chi connectivity index (χ0) is 16.9. The number of hydrogen-bond acceptors (Lipinski definition) is 6. The van der Waals surface area contributed by atoms with Crippen LogP contribution in [0, 0.1) is 11.3 Å².